The molecule has 2 rings (SSSR count). The number of nitrogens with one attached hydrogen (secondary N) is 2. The van der Waals surface area contributed by atoms with Crippen LogP contribution in [0.4, 0.5) is 11.4 Å². The van der Waals surface area contributed by atoms with Gasteiger partial charge in [0.15, 0.2) is 4.84 Å². The molecular formula is C17H16Cl2N2O2. The van der Waals surface area contributed by atoms with E-state index < -0.39 is 10.7 Å². The van der Waals surface area contributed by atoms with Gasteiger partial charge in [0.1, 0.15) is 0 Å². The van der Waals surface area contributed by atoms with Gasteiger partial charge in [-0.3, -0.25) is 9.59 Å². The van der Waals surface area contributed by atoms with Crippen LogP contribution in [0.3, 0.4) is 0 Å². The van der Waals surface area contributed by atoms with Gasteiger partial charge in [0, 0.05) is 16.9 Å². The van der Waals surface area contributed by atoms with Gasteiger partial charge in [-0.2, -0.15) is 0 Å². The SMILES string of the molecule is Cc1ccc(NC(=O)c2ccc(C)c(NC(=O)C(Cl)Cl)c2)cc1. The molecule has 23 heavy (non-hydrogen) atoms. The number of hydrogen-bond acceptors (Lipinski definition) is 2. The maximum absolute atomic E-state index is 12.3. The molecule has 0 unspecified atom stereocenters. The van der Waals surface area contributed by atoms with Crippen molar-refractivity contribution in [2.24, 2.45) is 0 Å². The van der Waals surface area contributed by atoms with E-state index >= 15 is 0 Å². The second-order valence-corrected chi connectivity index (χ2v) is 6.24. The van der Waals surface area contributed by atoms with Crippen molar-refractivity contribution < 1.29 is 9.59 Å². The highest BCUT2D eigenvalue weighted by molar-refractivity contribution is 6.54. The third kappa shape index (κ3) is 4.71. The van der Waals surface area contributed by atoms with E-state index in [0.717, 1.165) is 11.1 Å². The Hall–Kier alpha value is -2.04. The number of carbonyl (C=O) groups is 2. The topological polar surface area (TPSA) is 58.2 Å². The Morgan fingerprint density at radius 2 is 1.61 bits per heavy atom. The van der Waals surface area contributed by atoms with Crippen LogP contribution in [0.5, 0.6) is 0 Å². The zero-order valence-corrected chi connectivity index (χ0v) is 14.2. The molecule has 4 nitrogen and oxygen atoms in total. The third-order valence-electron chi connectivity index (χ3n) is 3.27. The minimum absolute atomic E-state index is 0.266. The van der Waals surface area contributed by atoms with Crippen LogP contribution in [0.2, 0.25) is 0 Å². The summed E-state index contributed by atoms with van der Waals surface area (Å²) in [6, 6.07) is 12.5. The highest BCUT2D eigenvalue weighted by atomic mass is 35.5. The van der Waals surface area contributed by atoms with Gasteiger partial charge >= 0.3 is 0 Å². The van der Waals surface area contributed by atoms with E-state index in [9.17, 15) is 9.59 Å². The quantitative estimate of drug-likeness (QED) is 0.807. The molecule has 0 aliphatic carbocycles. The summed E-state index contributed by atoms with van der Waals surface area (Å²) in [5.41, 5.74) is 3.54. The molecule has 0 heterocycles. The van der Waals surface area contributed by atoms with Gasteiger partial charge in [0.05, 0.1) is 0 Å². The van der Waals surface area contributed by atoms with Gasteiger partial charge in [-0.25, -0.2) is 0 Å². The van der Waals surface area contributed by atoms with Crippen LogP contribution in [0.25, 0.3) is 0 Å². The normalized spacial score (nSPS) is 10.5. The molecule has 0 saturated heterocycles. The Kier molecular flexibility index (Phi) is 5.64. The fourth-order valence-corrected chi connectivity index (χ4v) is 2.03. The van der Waals surface area contributed by atoms with Crippen molar-refractivity contribution in [3.63, 3.8) is 0 Å². The number of rotatable bonds is 4. The minimum atomic E-state index is -1.17. The van der Waals surface area contributed by atoms with Crippen LogP contribution >= 0.6 is 23.2 Å². The van der Waals surface area contributed by atoms with Crippen LogP contribution in [-0.2, 0) is 4.79 Å². The summed E-state index contributed by atoms with van der Waals surface area (Å²) in [4.78, 5) is 22.7. The molecule has 2 amide bonds. The Morgan fingerprint density at radius 1 is 0.957 bits per heavy atom. The third-order valence-corrected chi connectivity index (χ3v) is 3.66. The smallest absolute Gasteiger partial charge is 0.257 e. The number of aryl methyl sites for hydroxylation is 2. The number of benzene rings is 2. The first-order valence-corrected chi connectivity index (χ1v) is 7.82. The molecule has 2 N–H and O–H groups in total. The van der Waals surface area contributed by atoms with E-state index in [0.29, 0.717) is 16.9 Å². The van der Waals surface area contributed by atoms with Crippen LogP contribution in [-0.4, -0.2) is 16.7 Å². The van der Waals surface area contributed by atoms with Gasteiger partial charge in [0.2, 0.25) is 0 Å². The van der Waals surface area contributed by atoms with Crippen molar-refractivity contribution in [3.05, 3.63) is 59.2 Å². The first-order chi connectivity index (χ1) is 10.9. The fourth-order valence-electron chi connectivity index (χ4n) is 1.93. The van der Waals surface area contributed by atoms with Gasteiger partial charge in [-0.15, -0.1) is 0 Å². The predicted molar refractivity (Wildman–Crippen MR) is 94.4 cm³/mol. The molecule has 6 heteroatoms. The number of carbonyl (C=O) groups excluding carboxylic acids is 2. The molecule has 2 aromatic carbocycles. The Morgan fingerprint density at radius 3 is 2.22 bits per heavy atom. The number of anilines is 2. The van der Waals surface area contributed by atoms with Crippen molar-refractivity contribution in [2.45, 2.75) is 18.7 Å². The Balaban J connectivity index is 2.17. The molecule has 0 radical (unpaired) electrons. The zero-order chi connectivity index (χ0) is 17.0. The largest absolute Gasteiger partial charge is 0.323 e. The van der Waals surface area contributed by atoms with Gasteiger partial charge in [-0.05, 0) is 43.7 Å². The lowest BCUT2D eigenvalue weighted by Gasteiger charge is -2.11. The maximum Gasteiger partial charge on any atom is 0.257 e. The highest BCUT2D eigenvalue weighted by Gasteiger charge is 2.14. The summed E-state index contributed by atoms with van der Waals surface area (Å²) < 4.78 is 0. The Bertz CT molecular complexity index is 728. The van der Waals surface area contributed by atoms with Crippen LogP contribution in [0.15, 0.2) is 42.5 Å². The van der Waals surface area contributed by atoms with E-state index in [4.69, 9.17) is 23.2 Å². The molecule has 0 atom stereocenters. The summed E-state index contributed by atoms with van der Waals surface area (Å²) >= 11 is 11.1. The molecule has 0 aliphatic rings. The summed E-state index contributed by atoms with van der Waals surface area (Å²) in [6.45, 7) is 3.79. The molecule has 0 aromatic heterocycles. The van der Waals surface area contributed by atoms with Gasteiger partial charge in [-0.1, -0.05) is 47.0 Å². The molecule has 120 valence electrons. The van der Waals surface area contributed by atoms with E-state index in [-0.39, 0.29) is 5.91 Å². The average Bonchev–Trinajstić information content (AvgIpc) is 2.51. The van der Waals surface area contributed by atoms with E-state index in [1.54, 1.807) is 18.2 Å². The second kappa shape index (κ2) is 7.49. The summed E-state index contributed by atoms with van der Waals surface area (Å²) in [6.07, 6.45) is 0. The first kappa shape index (κ1) is 17.3. The van der Waals surface area contributed by atoms with Crippen molar-refractivity contribution in [1.29, 1.82) is 0 Å². The standard InChI is InChI=1S/C17H16Cl2N2O2/c1-10-3-7-13(8-4-10)20-16(22)12-6-5-11(2)14(9-12)21-17(23)15(18)19/h3-9,15H,1-2H3,(H,20,22)(H,21,23). The van der Waals surface area contributed by atoms with Gasteiger partial charge < -0.3 is 10.6 Å². The van der Waals surface area contributed by atoms with Crippen molar-refractivity contribution in [2.75, 3.05) is 10.6 Å². The molecular weight excluding hydrogens is 335 g/mol. The van der Waals surface area contributed by atoms with E-state index in [2.05, 4.69) is 10.6 Å². The van der Waals surface area contributed by atoms with E-state index in [1.807, 2.05) is 38.1 Å². The minimum Gasteiger partial charge on any atom is -0.323 e. The monoisotopic (exact) mass is 350 g/mol. The first-order valence-electron chi connectivity index (χ1n) is 6.94. The van der Waals surface area contributed by atoms with E-state index in [1.165, 1.54) is 0 Å². The second-order valence-electron chi connectivity index (χ2n) is 5.14. The van der Waals surface area contributed by atoms with Crippen LogP contribution in [0.1, 0.15) is 21.5 Å². The number of amides is 2. The molecule has 0 bridgehead atoms. The lowest BCUT2D eigenvalue weighted by Crippen LogP contribution is -2.20. The molecule has 0 fully saturated rings. The van der Waals surface area contributed by atoms with Crippen LogP contribution < -0.4 is 10.6 Å². The lowest BCUT2D eigenvalue weighted by molar-refractivity contribution is -0.114. The summed E-state index contributed by atoms with van der Waals surface area (Å²) in [5, 5.41) is 5.40. The number of hydrogen-bond donors (Lipinski definition) is 2. The van der Waals surface area contributed by atoms with Crippen LogP contribution in [0, 0.1) is 13.8 Å². The molecule has 0 aliphatic heterocycles. The molecule has 0 saturated carbocycles. The van der Waals surface area contributed by atoms with Crippen molar-refractivity contribution >= 4 is 46.4 Å². The lowest BCUT2D eigenvalue weighted by atomic mass is 10.1. The molecule has 0 spiro atoms. The Labute approximate surface area is 144 Å². The fraction of sp³-hybridized carbons (Fsp3) is 0.176. The van der Waals surface area contributed by atoms with Crippen molar-refractivity contribution in [3.8, 4) is 0 Å². The summed E-state index contributed by atoms with van der Waals surface area (Å²) in [5.74, 6) is -0.801. The average molecular weight is 351 g/mol. The predicted octanol–water partition coefficient (Wildman–Crippen LogP) is 4.30. The number of halogens is 2. The highest BCUT2D eigenvalue weighted by Crippen LogP contribution is 2.19. The maximum atomic E-state index is 12.3. The molecule has 2 aromatic rings. The zero-order valence-electron chi connectivity index (χ0n) is 12.7. The van der Waals surface area contributed by atoms with Crippen molar-refractivity contribution in [1.82, 2.24) is 0 Å². The summed E-state index contributed by atoms with van der Waals surface area (Å²) in [7, 11) is 0. The number of alkyl halides is 2. The van der Waals surface area contributed by atoms with Gasteiger partial charge in [0.25, 0.3) is 11.8 Å².